The maximum atomic E-state index is 5.91. The molecule has 0 amide bonds. The van der Waals surface area contributed by atoms with Gasteiger partial charge < -0.3 is 10.6 Å². The van der Waals surface area contributed by atoms with Crippen LogP contribution in [-0.4, -0.2) is 13.1 Å². The molecule has 2 N–H and O–H groups in total. The van der Waals surface area contributed by atoms with Crippen molar-refractivity contribution in [3.05, 3.63) is 35.4 Å². The van der Waals surface area contributed by atoms with Crippen LogP contribution < -0.4 is 10.6 Å². The Balaban J connectivity index is 2.38. The number of nitrogen functional groups attached to an aromatic ring is 1. The number of nitrogens with zero attached hydrogens (tertiary/aromatic N) is 1. The summed E-state index contributed by atoms with van der Waals surface area (Å²) in [5.74, 6) is 0. The molecule has 0 saturated carbocycles. The highest BCUT2D eigenvalue weighted by molar-refractivity contribution is 5.65. The Labute approximate surface area is 85.0 Å². The maximum absolute atomic E-state index is 5.91. The number of hydrogen-bond donors (Lipinski definition) is 1. The van der Waals surface area contributed by atoms with Gasteiger partial charge in [0, 0.05) is 24.5 Å². The molecule has 0 fully saturated rings. The summed E-state index contributed by atoms with van der Waals surface area (Å²) in [4.78, 5) is 2.32. The smallest absolute Gasteiger partial charge is 0.0422 e. The number of rotatable bonds is 1. The molecule has 0 atom stereocenters. The average molecular weight is 188 g/mol. The molecule has 74 valence electrons. The molecule has 0 saturated heterocycles. The summed E-state index contributed by atoms with van der Waals surface area (Å²) in [7, 11) is 0. The van der Waals surface area contributed by atoms with Gasteiger partial charge in [-0.1, -0.05) is 18.2 Å². The Hall–Kier alpha value is -1.44. The third-order valence-corrected chi connectivity index (χ3v) is 2.74. The van der Waals surface area contributed by atoms with E-state index in [1.54, 1.807) is 0 Å². The summed E-state index contributed by atoms with van der Waals surface area (Å²) in [6.45, 7) is 6.20. The quantitative estimate of drug-likeness (QED) is 0.541. The zero-order valence-corrected chi connectivity index (χ0v) is 8.75. The van der Waals surface area contributed by atoms with E-state index in [0.717, 1.165) is 18.8 Å². The van der Waals surface area contributed by atoms with Crippen molar-refractivity contribution < 1.29 is 0 Å². The van der Waals surface area contributed by atoms with Crippen molar-refractivity contribution in [3.63, 3.8) is 0 Å². The van der Waals surface area contributed by atoms with Gasteiger partial charge in [-0.3, -0.25) is 0 Å². The second kappa shape index (κ2) is 3.37. The van der Waals surface area contributed by atoms with Crippen LogP contribution in [0.1, 0.15) is 11.1 Å². The van der Waals surface area contributed by atoms with Gasteiger partial charge in [-0.25, -0.2) is 0 Å². The van der Waals surface area contributed by atoms with E-state index in [-0.39, 0.29) is 0 Å². The molecular formula is C12H16N2. The molecule has 1 aromatic rings. The molecule has 0 aromatic heterocycles. The van der Waals surface area contributed by atoms with Crippen molar-refractivity contribution >= 4 is 11.4 Å². The monoisotopic (exact) mass is 188 g/mol. The van der Waals surface area contributed by atoms with Crippen LogP contribution in [0.5, 0.6) is 0 Å². The summed E-state index contributed by atoms with van der Waals surface area (Å²) < 4.78 is 0. The lowest BCUT2D eigenvalue weighted by atomic mass is 10.1. The fraction of sp³-hybridized carbons (Fsp3) is 0.333. The molecule has 0 spiro atoms. The third kappa shape index (κ3) is 1.48. The minimum atomic E-state index is 0.887. The van der Waals surface area contributed by atoms with Crippen molar-refractivity contribution in [2.75, 3.05) is 23.7 Å². The van der Waals surface area contributed by atoms with Gasteiger partial charge in [-0.15, -0.1) is 0 Å². The summed E-state index contributed by atoms with van der Waals surface area (Å²) in [5, 5.41) is 0. The number of hydrogen-bond acceptors (Lipinski definition) is 2. The Morgan fingerprint density at radius 3 is 2.36 bits per heavy atom. The van der Waals surface area contributed by atoms with Crippen molar-refractivity contribution in [3.8, 4) is 0 Å². The summed E-state index contributed by atoms with van der Waals surface area (Å²) in [6.07, 6.45) is 4.38. The van der Waals surface area contributed by atoms with Crippen molar-refractivity contribution in [1.29, 1.82) is 0 Å². The second-order valence-electron chi connectivity index (χ2n) is 3.87. The number of benzene rings is 1. The van der Waals surface area contributed by atoms with E-state index in [1.807, 2.05) is 6.92 Å². The number of nitrogens with two attached hydrogens (primary N) is 1. The van der Waals surface area contributed by atoms with Crippen molar-refractivity contribution in [2.45, 2.75) is 13.8 Å². The van der Waals surface area contributed by atoms with Crippen LogP contribution in [0.25, 0.3) is 0 Å². The van der Waals surface area contributed by atoms with Gasteiger partial charge in [0.15, 0.2) is 0 Å². The third-order valence-electron chi connectivity index (χ3n) is 2.74. The van der Waals surface area contributed by atoms with Crippen LogP contribution in [0.15, 0.2) is 24.3 Å². The minimum absolute atomic E-state index is 0.887. The lowest BCUT2D eigenvalue weighted by Gasteiger charge is -2.21. The van der Waals surface area contributed by atoms with E-state index in [1.165, 1.54) is 16.8 Å². The van der Waals surface area contributed by atoms with Gasteiger partial charge in [0.2, 0.25) is 0 Å². The zero-order chi connectivity index (χ0) is 10.1. The molecule has 1 aliphatic rings. The molecule has 2 rings (SSSR count). The predicted molar refractivity (Wildman–Crippen MR) is 61.7 cm³/mol. The Kier molecular flexibility index (Phi) is 2.20. The Bertz CT molecular complexity index is 372. The van der Waals surface area contributed by atoms with E-state index in [9.17, 15) is 0 Å². The molecule has 0 aliphatic carbocycles. The van der Waals surface area contributed by atoms with Crippen LogP contribution in [-0.2, 0) is 0 Å². The lowest BCUT2D eigenvalue weighted by Crippen LogP contribution is -2.19. The van der Waals surface area contributed by atoms with Gasteiger partial charge in [-0.05, 0) is 31.0 Å². The molecule has 2 heteroatoms. The molecule has 2 nitrogen and oxygen atoms in total. The molecule has 14 heavy (non-hydrogen) atoms. The first kappa shape index (κ1) is 9.13. The van der Waals surface area contributed by atoms with Gasteiger partial charge in [-0.2, -0.15) is 0 Å². The van der Waals surface area contributed by atoms with Crippen LogP contribution in [0.4, 0.5) is 11.4 Å². The predicted octanol–water partition coefficient (Wildman–Crippen LogP) is 2.26. The van der Waals surface area contributed by atoms with Gasteiger partial charge >= 0.3 is 0 Å². The highest BCUT2D eigenvalue weighted by Gasteiger charge is 2.11. The largest absolute Gasteiger partial charge is 0.398 e. The van der Waals surface area contributed by atoms with E-state index < -0.39 is 0 Å². The van der Waals surface area contributed by atoms with E-state index in [2.05, 4.69) is 36.1 Å². The normalized spacial score (nSPS) is 15.1. The molecule has 1 aliphatic heterocycles. The van der Waals surface area contributed by atoms with Crippen LogP contribution in [0.3, 0.4) is 0 Å². The SMILES string of the molecule is Cc1cc(C)c(N2CC=CC2)cc1N. The molecule has 1 heterocycles. The fourth-order valence-corrected chi connectivity index (χ4v) is 1.87. The van der Waals surface area contributed by atoms with Crippen molar-refractivity contribution in [2.24, 2.45) is 0 Å². The van der Waals surface area contributed by atoms with Gasteiger partial charge in [0.25, 0.3) is 0 Å². The number of anilines is 2. The molecule has 0 bridgehead atoms. The second-order valence-corrected chi connectivity index (χ2v) is 3.87. The summed E-state index contributed by atoms with van der Waals surface area (Å²) in [5.41, 5.74) is 10.5. The van der Waals surface area contributed by atoms with E-state index in [4.69, 9.17) is 5.73 Å². The standard InChI is InChI=1S/C12H16N2/c1-9-7-10(2)12(8-11(9)13)14-5-3-4-6-14/h3-4,7-8H,5-6,13H2,1-2H3. The van der Waals surface area contributed by atoms with E-state index >= 15 is 0 Å². The first-order valence-electron chi connectivity index (χ1n) is 4.95. The lowest BCUT2D eigenvalue weighted by molar-refractivity contribution is 0.997. The van der Waals surface area contributed by atoms with Crippen molar-refractivity contribution in [1.82, 2.24) is 0 Å². The highest BCUT2D eigenvalue weighted by Crippen LogP contribution is 2.26. The number of aryl methyl sites for hydroxylation is 2. The summed E-state index contributed by atoms with van der Waals surface area (Å²) in [6, 6.07) is 4.24. The Morgan fingerprint density at radius 2 is 1.71 bits per heavy atom. The Morgan fingerprint density at radius 1 is 1.07 bits per heavy atom. The first-order valence-corrected chi connectivity index (χ1v) is 4.95. The first-order chi connectivity index (χ1) is 6.68. The summed E-state index contributed by atoms with van der Waals surface area (Å²) >= 11 is 0. The maximum Gasteiger partial charge on any atom is 0.0422 e. The van der Waals surface area contributed by atoms with Gasteiger partial charge in [0.1, 0.15) is 0 Å². The molecule has 0 radical (unpaired) electrons. The minimum Gasteiger partial charge on any atom is -0.398 e. The highest BCUT2D eigenvalue weighted by atomic mass is 15.1. The topological polar surface area (TPSA) is 29.3 Å². The average Bonchev–Trinajstić information content (AvgIpc) is 2.64. The molecule has 1 aromatic carbocycles. The molecule has 0 unspecified atom stereocenters. The van der Waals surface area contributed by atoms with Crippen LogP contribution in [0.2, 0.25) is 0 Å². The fourth-order valence-electron chi connectivity index (χ4n) is 1.87. The zero-order valence-electron chi connectivity index (χ0n) is 8.75. The van der Waals surface area contributed by atoms with Gasteiger partial charge in [0.05, 0.1) is 0 Å². The van der Waals surface area contributed by atoms with E-state index in [0.29, 0.717) is 0 Å². The van der Waals surface area contributed by atoms with Crippen LogP contribution in [0, 0.1) is 13.8 Å². The molecular weight excluding hydrogens is 172 g/mol. The van der Waals surface area contributed by atoms with Crippen LogP contribution >= 0.6 is 0 Å².